The monoisotopic (exact) mass is 278 g/mol. The fourth-order valence-electron chi connectivity index (χ4n) is 4.25. The van der Waals surface area contributed by atoms with Crippen molar-refractivity contribution in [2.75, 3.05) is 0 Å². The molecule has 0 aromatic rings. The number of amides is 1. The van der Waals surface area contributed by atoms with E-state index in [1.54, 1.807) is 0 Å². The van der Waals surface area contributed by atoms with E-state index < -0.39 is 0 Å². The second-order valence-corrected chi connectivity index (χ2v) is 7.68. The van der Waals surface area contributed by atoms with Crippen molar-refractivity contribution in [1.82, 2.24) is 10.2 Å². The first kappa shape index (κ1) is 14.4. The van der Waals surface area contributed by atoms with E-state index in [1.165, 1.54) is 32.1 Å². The van der Waals surface area contributed by atoms with Crippen molar-refractivity contribution < 1.29 is 4.79 Å². The zero-order chi connectivity index (χ0) is 14.3. The molecule has 0 aromatic carbocycles. The van der Waals surface area contributed by atoms with Gasteiger partial charge in [0, 0.05) is 6.04 Å². The normalized spacial score (nSPS) is 36.1. The average molecular weight is 278 g/mol. The Morgan fingerprint density at radius 1 is 1.35 bits per heavy atom. The molecule has 3 unspecified atom stereocenters. The molecule has 1 amide bonds. The van der Waals surface area contributed by atoms with Crippen molar-refractivity contribution in [2.45, 2.75) is 89.9 Å². The van der Waals surface area contributed by atoms with Crippen molar-refractivity contribution in [2.24, 2.45) is 11.8 Å². The lowest BCUT2D eigenvalue weighted by atomic mass is 9.83. The summed E-state index contributed by atoms with van der Waals surface area (Å²) in [7, 11) is 0. The predicted molar refractivity (Wildman–Crippen MR) is 81.2 cm³/mol. The van der Waals surface area contributed by atoms with Gasteiger partial charge in [0.25, 0.3) is 0 Å². The minimum Gasteiger partial charge on any atom is -0.323 e. The van der Waals surface area contributed by atoms with E-state index in [0.717, 1.165) is 25.2 Å². The van der Waals surface area contributed by atoms with E-state index in [2.05, 4.69) is 31.0 Å². The summed E-state index contributed by atoms with van der Waals surface area (Å²) in [5, 5.41) is 3.68. The van der Waals surface area contributed by atoms with Crippen molar-refractivity contribution in [3.8, 4) is 0 Å². The Labute approximate surface area is 123 Å². The zero-order valence-corrected chi connectivity index (χ0v) is 13.3. The first-order valence-corrected chi connectivity index (χ1v) is 8.66. The summed E-state index contributed by atoms with van der Waals surface area (Å²) >= 11 is 0. The number of hydrogen-bond acceptors (Lipinski definition) is 2. The summed E-state index contributed by atoms with van der Waals surface area (Å²) in [6, 6.07) is 0.498. The zero-order valence-electron chi connectivity index (χ0n) is 13.3. The van der Waals surface area contributed by atoms with Gasteiger partial charge in [0.05, 0.1) is 11.7 Å². The van der Waals surface area contributed by atoms with Gasteiger partial charge in [-0.05, 0) is 43.9 Å². The van der Waals surface area contributed by atoms with Crippen molar-refractivity contribution >= 4 is 5.91 Å². The summed E-state index contributed by atoms with van der Waals surface area (Å²) < 4.78 is 0. The van der Waals surface area contributed by atoms with Gasteiger partial charge in [0.15, 0.2) is 0 Å². The van der Waals surface area contributed by atoms with Gasteiger partial charge < -0.3 is 4.90 Å². The number of carbonyl (C=O) groups is 1. The lowest BCUT2D eigenvalue weighted by molar-refractivity contribution is -0.134. The molecule has 114 valence electrons. The Morgan fingerprint density at radius 3 is 2.70 bits per heavy atom. The highest BCUT2D eigenvalue weighted by Gasteiger charge is 2.60. The van der Waals surface area contributed by atoms with Gasteiger partial charge >= 0.3 is 0 Å². The third-order valence-corrected chi connectivity index (χ3v) is 5.59. The van der Waals surface area contributed by atoms with Crippen molar-refractivity contribution in [3.05, 3.63) is 0 Å². The Morgan fingerprint density at radius 2 is 2.10 bits per heavy atom. The van der Waals surface area contributed by atoms with Crippen LogP contribution in [0.4, 0.5) is 0 Å². The molecule has 3 aliphatic rings. The van der Waals surface area contributed by atoms with Crippen LogP contribution in [0, 0.1) is 11.8 Å². The molecular formula is C17H30N2O. The van der Waals surface area contributed by atoms with Crippen molar-refractivity contribution in [1.29, 1.82) is 0 Å². The summed E-state index contributed by atoms with van der Waals surface area (Å²) in [4.78, 5) is 15.1. The van der Waals surface area contributed by atoms with Crippen LogP contribution in [0.25, 0.3) is 0 Å². The molecule has 0 aromatic heterocycles. The van der Waals surface area contributed by atoms with Gasteiger partial charge in [-0.2, -0.15) is 0 Å². The van der Waals surface area contributed by atoms with E-state index in [-0.39, 0.29) is 5.54 Å². The van der Waals surface area contributed by atoms with Gasteiger partial charge in [-0.3, -0.25) is 10.1 Å². The third-order valence-electron chi connectivity index (χ3n) is 5.59. The molecule has 1 N–H and O–H groups in total. The van der Waals surface area contributed by atoms with Gasteiger partial charge in [0.1, 0.15) is 0 Å². The SMILES string of the molecule is CCC1CCCC(N2C(=O)C3(CC3)NC2CC(C)C)C1. The highest BCUT2D eigenvalue weighted by atomic mass is 16.2. The van der Waals surface area contributed by atoms with Crippen LogP contribution >= 0.6 is 0 Å². The van der Waals surface area contributed by atoms with Crippen LogP contribution in [0.3, 0.4) is 0 Å². The molecule has 1 spiro atoms. The van der Waals surface area contributed by atoms with Crippen LogP contribution in [0.1, 0.15) is 72.1 Å². The molecule has 3 heteroatoms. The quantitative estimate of drug-likeness (QED) is 0.856. The van der Waals surface area contributed by atoms with Gasteiger partial charge in [-0.15, -0.1) is 0 Å². The van der Waals surface area contributed by atoms with Crippen LogP contribution < -0.4 is 5.32 Å². The average Bonchev–Trinajstić information content (AvgIpc) is 3.13. The molecule has 0 radical (unpaired) electrons. The number of nitrogens with one attached hydrogen (secondary N) is 1. The maximum Gasteiger partial charge on any atom is 0.244 e. The standard InChI is InChI=1S/C17H30N2O/c1-4-13-6-5-7-14(11-13)19-15(10-12(2)3)18-17(8-9-17)16(19)20/h12-15,18H,4-11H2,1-3H3. The van der Waals surface area contributed by atoms with Gasteiger partial charge in [-0.25, -0.2) is 0 Å². The predicted octanol–water partition coefficient (Wildman–Crippen LogP) is 3.29. The smallest absolute Gasteiger partial charge is 0.244 e. The number of carbonyl (C=O) groups excluding carboxylic acids is 1. The maximum absolute atomic E-state index is 12.8. The van der Waals surface area contributed by atoms with E-state index in [9.17, 15) is 4.79 Å². The molecular weight excluding hydrogens is 248 g/mol. The maximum atomic E-state index is 12.8. The largest absolute Gasteiger partial charge is 0.323 e. The van der Waals surface area contributed by atoms with Crippen LogP contribution in [-0.2, 0) is 4.79 Å². The number of rotatable bonds is 4. The van der Waals surface area contributed by atoms with Crippen molar-refractivity contribution in [3.63, 3.8) is 0 Å². The highest BCUT2D eigenvalue weighted by Crippen LogP contribution is 2.45. The molecule has 2 aliphatic carbocycles. The van der Waals surface area contributed by atoms with E-state index in [0.29, 0.717) is 24.0 Å². The minimum absolute atomic E-state index is 0.140. The Balaban J connectivity index is 1.75. The molecule has 1 saturated heterocycles. The topological polar surface area (TPSA) is 32.3 Å². The third kappa shape index (κ3) is 2.49. The van der Waals surface area contributed by atoms with E-state index >= 15 is 0 Å². The van der Waals surface area contributed by atoms with Crippen LogP contribution in [-0.4, -0.2) is 28.6 Å². The fourth-order valence-corrected chi connectivity index (χ4v) is 4.25. The number of hydrogen-bond donors (Lipinski definition) is 1. The second-order valence-electron chi connectivity index (χ2n) is 7.68. The molecule has 3 atom stereocenters. The summed E-state index contributed by atoms with van der Waals surface area (Å²) in [6.07, 6.45) is 9.89. The second kappa shape index (κ2) is 5.32. The van der Waals surface area contributed by atoms with E-state index in [4.69, 9.17) is 0 Å². The lowest BCUT2D eigenvalue weighted by Gasteiger charge is -2.38. The van der Waals surface area contributed by atoms with Crippen LogP contribution in [0.5, 0.6) is 0 Å². The molecule has 20 heavy (non-hydrogen) atoms. The fraction of sp³-hybridized carbons (Fsp3) is 0.941. The first-order chi connectivity index (χ1) is 9.55. The van der Waals surface area contributed by atoms with E-state index in [1.807, 2.05) is 0 Å². The summed E-state index contributed by atoms with van der Waals surface area (Å²) in [6.45, 7) is 6.82. The summed E-state index contributed by atoms with van der Waals surface area (Å²) in [5.41, 5.74) is -0.140. The molecule has 3 fully saturated rings. The highest BCUT2D eigenvalue weighted by molar-refractivity contribution is 5.92. The first-order valence-electron chi connectivity index (χ1n) is 8.66. The Kier molecular flexibility index (Phi) is 3.83. The lowest BCUT2D eigenvalue weighted by Crippen LogP contribution is -2.47. The molecule has 3 nitrogen and oxygen atoms in total. The van der Waals surface area contributed by atoms with Gasteiger partial charge in [0.2, 0.25) is 5.91 Å². The summed E-state index contributed by atoms with van der Waals surface area (Å²) in [5.74, 6) is 1.89. The molecule has 1 aliphatic heterocycles. The molecule has 0 bridgehead atoms. The Hall–Kier alpha value is -0.570. The molecule has 3 rings (SSSR count). The minimum atomic E-state index is -0.140. The Bertz CT molecular complexity index is 375. The molecule has 2 saturated carbocycles. The number of nitrogens with zero attached hydrogens (tertiary/aromatic N) is 1. The molecule has 1 heterocycles. The van der Waals surface area contributed by atoms with Crippen LogP contribution in [0.15, 0.2) is 0 Å². The van der Waals surface area contributed by atoms with Crippen LogP contribution in [0.2, 0.25) is 0 Å². The van der Waals surface area contributed by atoms with Gasteiger partial charge in [-0.1, -0.05) is 40.0 Å².